The van der Waals surface area contributed by atoms with Gasteiger partial charge in [-0.1, -0.05) is 41.4 Å². The minimum Gasteiger partial charge on any atom is -0.325 e. The van der Waals surface area contributed by atoms with Crippen LogP contribution in [-0.2, 0) is 4.79 Å². The summed E-state index contributed by atoms with van der Waals surface area (Å²) in [6.45, 7) is 4.50. The zero-order valence-electron chi connectivity index (χ0n) is 14.0. The molecule has 3 rings (SSSR count). The Morgan fingerprint density at radius 3 is 2.48 bits per heavy atom. The number of benzene rings is 2. The summed E-state index contributed by atoms with van der Waals surface area (Å²) in [5.41, 5.74) is 2.12. The average Bonchev–Trinajstić information content (AvgIpc) is 2.60. The van der Waals surface area contributed by atoms with Gasteiger partial charge in [-0.15, -0.1) is 0 Å². The van der Waals surface area contributed by atoms with Crippen molar-refractivity contribution in [3.8, 4) is 0 Å². The van der Waals surface area contributed by atoms with E-state index < -0.39 is 6.04 Å². The van der Waals surface area contributed by atoms with E-state index in [-0.39, 0.29) is 11.8 Å². The third kappa shape index (κ3) is 3.37. The molecular weight excluding hydrogens is 359 g/mol. The largest absolute Gasteiger partial charge is 0.325 e. The lowest BCUT2D eigenvalue weighted by Crippen LogP contribution is -2.57. The van der Waals surface area contributed by atoms with E-state index in [2.05, 4.69) is 0 Å². The van der Waals surface area contributed by atoms with Crippen LogP contribution < -0.4 is 4.90 Å². The molecule has 130 valence electrons. The quantitative estimate of drug-likeness (QED) is 0.788. The number of hydrogen-bond acceptors (Lipinski definition) is 2. The molecule has 1 fully saturated rings. The van der Waals surface area contributed by atoms with Gasteiger partial charge in [0.25, 0.3) is 5.91 Å². The van der Waals surface area contributed by atoms with E-state index in [9.17, 15) is 9.59 Å². The van der Waals surface area contributed by atoms with Crippen LogP contribution in [0.5, 0.6) is 0 Å². The van der Waals surface area contributed by atoms with Crippen LogP contribution >= 0.6 is 23.2 Å². The highest BCUT2D eigenvalue weighted by Gasteiger charge is 2.35. The summed E-state index contributed by atoms with van der Waals surface area (Å²) in [4.78, 5) is 28.8. The lowest BCUT2D eigenvalue weighted by Gasteiger charge is -2.39. The Balaban J connectivity index is 1.83. The molecule has 0 aliphatic carbocycles. The smallest absolute Gasteiger partial charge is 0.256 e. The molecule has 1 unspecified atom stereocenters. The van der Waals surface area contributed by atoms with Crippen molar-refractivity contribution in [2.45, 2.75) is 19.9 Å². The molecule has 1 aliphatic heterocycles. The van der Waals surface area contributed by atoms with Gasteiger partial charge in [0.05, 0.1) is 10.6 Å². The average molecular weight is 377 g/mol. The minimum absolute atomic E-state index is 0.133. The Hall–Kier alpha value is -2.04. The molecule has 1 aliphatic rings. The standard InChI is InChI=1S/C19H18Cl2N2O2/c1-12-7-8-14(11-17(12)21)23-10-9-22(13(2)18(23)24)19(25)15-5-3-4-6-16(15)20/h3-8,11,13H,9-10H2,1-2H3. The molecule has 0 N–H and O–H groups in total. The van der Waals surface area contributed by atoms with Crippen molar-refractivity contribution < 1.29 is 9.59 Å². The van der Waals surface area contributed by atoms with Gasteiger partial charge in [0.2, 0.25) is 5.91 Å². The van der Waals surface area contributed by atoms with Gasteiger partial charge >= 0.3 is 0 Å². The van der Waals surface area contributed by atoms with Gasteiger partial charge in [-0.3, -0.25) is 9.59 Å². The van der Waals surface area contributed by atoms with E-state index in [0.29, 0.717) is 28.7 Å². The van der Waals surface area contributed by atoms with Crippen LogP contribution in [0.3, 0.4) is 0 Å². The molecule has 4 nitrogen and oxygen atoms in total. The SMILES string of the molecule is Cc1ccc(N2CCN(C(=O)c3ccccc3Cl)C(C)C2=O)cc1Cl. The van der Waals surface area contributed by atoms with Gasteiger partial charge in [-0.05, 0) is 43.7 Å². The normalized spacial score (nSPS) is 17.8. The Kier molecular flexibility index (Phi) is 5.02. The number of rotatable bonds is 2. The molecule has 0 spiro atoms. The highest BCUT2D eigenvalue weighted by molar-refractivity contribution is 6.34. The monoisotopic (exact) mass is 376 g/mol. The Labute approximate surface area is 156 Å². The van der Waals surface area contributed by atoms with E-state index in [0.717, 1.165) is 11.3 Å². The van der Waals surface area contributed by atoms with Crippen molar-refractivity contribution >= 4 is 40.7 Å². The Morgan fingerprint density at radius 1 is 1.08 bits per heavy atom. The second-order valence-electron chi connectivity index (χ2n) is 6.08. The number of halogens is 2. The number of carbonyl (C=O) groups excluding carboxylic acids is 2. The van der Waals surface area contributed by atoms with Crippen molar-refractivity contribution in [2.24, 2.45) is 0 Å². The maximum atomic E-state index is 12.8. The minimum atomic E-state index is -0.572. The lowest BCUT2D eigenvalue weighted by atomic mass is 10.1. The van der Waals surface area contributed by atoms with Crippen LogP contribution in [0.1, 0.15) is 22.8 Å². The van der Waals surface area contributed by atoms with E-state index >= 15 is 0 Å². The molecule has 6 heteroatoms. The van der Waals surface area contributed by atoms with Crippen LogP contribution in [0.15, 0.2) is 42.5 Å². The van der Waals surface area contributed by atoms with E-state index in [1.165, 1.54) is 0 Å². The highest BCUT2D eigenvalue weighted by atomic mass is 35.5. The highest BCUT2D eigenvalue weighted by Crippen LogP contribution is 2.27. The third-order valence-electron chi connectivity index (χ3n) is 4.49. The lowest BCUT2D eigenvalue weighted by molar-refractivity contribution is -0.124. The number of nitrogens with zero attached hydrogens (tertiary/aromatic N) is 2. The molecule has 25 heavy (non-hydrogen) atoms. The maximum absolute atomic E-state index is 12.8. The van der Waals surface area contributed by atoms with Gasteiger partial charge < -0.3 is 9.80 Å². The number of carbonyl (C=O) groups is 2. The molecule has 1 atom stereocenters. The first-order chi connectivity index (χ1) is 11.9. The van der Waals surface area contributed by atoms with Gasteiger partial charge in [-0.2, -0.15) is 0 Å². The predicted molar refractivity (Wildman–Crippen MR) is 100 cm³/mol. The summed E-state index contributed by atoms with van der Waals surface area (Å²) >= 11 is 12.3. The fourth-order valence-corrected chi connectivity index (χ4v) is 3.33. The van der Waals surface area contributed by atoms with Crippen molar-refractivity contribution in [1.29, 1.82) is 0 Å². The Morgan fingerprint density at radius 2 is 1.80 bits per heavy atom. The summed E-state index contributed by atoms with van der Waals surface area (Å²) in [6.07, 6.45) is 0. The first-order valence-corrected chi connectivity index (χ1v) is 8.79. The van der Waals surface area contributed by atoms with Crippen molar-refractivity contribution in [3.63, 3.8) is 0 Å². The van der Waals surface area contributed by atoms with Crippen LogP contribution in [-0.4, -0.2) is 35.8 Å². The van der Waals surface area contributed by atoms with Crippen molar-refractivity contribution in [3.05, 3.63) is 63.6 Å². The van der Waals surface area contributed by atoms with Gasteiger partial charge in [0.1, 0.15) is 6.04 Å². The molecule has 1 saturated heterocycles. The first-order valence-electron chi connectivity index (χ1n) is 8.03. The maximum Gasteiger partial charge on any atom is 0.256 e. The summed E-state index contributed by atoms with van der Waals surface area (Å²) in [7, 11) is 0. The Bertz CT molecular complexity index is 838. The second-order valence-corrected chi connectivity index (χ2v) is 6.89. The second kappa shape index (κ2) is 7.06. The molecule has 1 heterocycles. The molecule has 0 saturated carbocycles. The number of anilines is 1. The molecule has 2 aromatic carbocycles. The number of amides is 2. The fraction of sp³-hybridized carbons (Fsp3) is 0.263. The van der Waals surface area contributed by atoms with Gasteiger partial charge in [0.15, 0.2) is 0 Å². The summed E-state index contributed by atoms with van der Waals surface area (Å²) in [5, 5.41) is 1.01. The zero-order valence-corrected chi connectivity index (χ0v) is 15.5. The van der Waals surface area contributed by atoms with Crippen LogP contribution in [0.25, 0.3) is 0 Å². The summed E-state index contributed by atoms with van der Waals surface area (Å²) in [6, 6.07) is 11.8. The van der Waals surface area contributed by atoms with Crippen LogP contribution in [0.4, 0.5) is 5.69 Å². The number of hydrogen-bond donors (Lipinski definition) is 0. The van der Waals surface area contributed by atoms with Gasteiger partial charge in [-0.25, -0.2) is 0 Å². The van der Waals surface area contributed by atoms with E-state index in [1.54, 1.807) is 47.1 Å². The molecule has 2 amide bonds. The molecule has 0 radical (unpaired) electrons. The zero-order chi connectivity index (χ0) is 18.1. The van der Waals surface area contributed by atoms with Crippen LogP contribution in [0.2, 0.25) is 10.0 Å². The van der Waals surface area contributed by atoms with E-state index in [4.69, 9.17) is 23.2 Å². The fourth-order valence-electron chi connectivity index (χ4n) is 2.94. The third-order valence-corrected chi connectivity index (χ3v) is 5.22. The van der Waals surface area contributed by atoms with Gasteiger partial charge in [0, 0.05) is 23.8 Å². The number of aryl methyl sites for hydroxylation is 1. The first kappa shape index (κ1) is 17.8. The summed E-state index contributed by atoms with van der Waals surface area (Å²) in [5.74, 6) is -0.361. The molecule has 0 bridgehead atoms. The molecule has 0 aromatic heterocycles. The van der Waals surface area contributed by atoms with Crippen molar-refractivity contribution in [1.82, 2.24) is 4.90 Å². The summed E-state index contributed by atoms with van der Waals surface area (Å²) < 4.78 is 0. The predicted octanol–water partition coefficient (Wildman–Crippen LogP) is 4.18. The molecule has 2 aromatic rings. The topological polar surface area (TPSA) is 40.6 Å². The van der Waals surface area contributed by atoms with Crippen molar-refractivity contribution in [2.75, 3.05) is 18.0 Å². The van der Waals surface area contributed by atoms with E-state index in [1.807, 2.05) is 19.1 Å². The van der Waals surface area contributed by atoms with Crippen LogP contribution in [0, 0.1) is 6.92 Å². The number of piperazine rings is 1. The molecular formula is C19H18Cl2N2O2.